The highest BCUT2D eigenvalue weighted by Crippen LogP contribution is 2.32. The fraction of sp³-hybridized carbons (Fsp3) is 0.364. The zero-order chi connectivity index (χ0) is 21.4. The lowest BCUT2D eigenvalue weighted by molar-refractivity contribution is -0.131. The Bertz CT molecular complexity index is 1130. The summed E-state index contributed by atoms with van der Waals surface area (Å²) in [4.78, 5) is 29.3. The van der Waals surface area contributed by atoms with Crippen LogP contribution in [0.25, 0.3) is 10.2 Å². The van der Waals surface area contributed by atoms with Gasteiger partial charge in [0.1, 0.15) is 5.69 Å². The van der Waals surface area contributed by atoms with E-state index in [1.807, 2.05) is 52.2 Å². The molecule has 0 bridgehead atoms. The molecule has 8 nitrogen and oxygen atoms in total. The second-order valence-corrected chi connectivity index (χ2v) is 8.73. The van der Waals surface area contributed by atoms with Crippen molar-refractivity contribution >= 4 is 33.4 Å². The van der Waals surface area contributed by atoms with Gasteiger partial charge in [-0.15, -0.1) is 11.3 Å². The zero-order valence-electron chi connectivity index (χ0n) is 17.3. The predicted octanol–water partition coefficient (Wildman–Crippen LogP) is 2.04. The standard InChI is InChI=1S/C22H24N4O4S/c1-24-16-4-9-31-20(16)11-17(24)22(28)23-12-21(27)26-7-5-25(6-8-26)13-15-2-3-18-19(10-15)30-14-29-18/h2-4,9-11H,5-8,12-14H2,1H3,(H,23,28). The third-order valence-electron chi connectivity index (χ3n) is 5.86. The Morgan fingerprint density at radius 3 is 2.68 bits per heavy atom. The van der Waals surface area contributed by atoms with E-state index in [2.05, 4.69) is 10.2 Å². The van der Waals surface area contributed by atoms with Crippen molar-refractivity contribution in [3.05, 3.63) is 47.0 Å². The molecule has 0 spiro atoms. The molecule has 1 N–H and O–H groups in total. The lowest BCUT2D eigenvalue weighted by atomic mass is 10.1. The number of amides is 2. The molecule has 1 fully saturated rings. The first kappa shape index (κ1) is 19.9. The van der Waals surface area contributed by atoms with Crippen molar-refractivity contribution in [2.24, 2.45) is 7.05 Å². The van der Waals surface area contributed by atoms with Crippen LogP contribution in [-0.2, 0) is 18.4 Å². The maximum Gasteiger partial charge on any atom is 0.268 e. The number of nitrogens with one attached hydrogen (secondary N) is 1. The zero-order valence-corrected chi connectivity index (χ0v) is 18.1. The highest BCUT2D eigenvalue weighted by molar-refractivity contribution is 7.17. The fourth-order valence-electron chi connectivity index (χ4n) is 4.08. The largest absolute Gasteiger partial charge is 0.454 e. The number of hydrogen-bond donors (Lipinski definition) is 1. The van der Waals surface area contributed by atoms with Gasteiger partial charge in [-0.05, 0) is 35.2 Å². The number of thiophene rings is 1. The van der Waals surface area contributed by atoms with Gasteiger partial charge in [0.05, 0.1) is 16.8 Å². The first-order chi connectivity index (χ1) is 15.1. The Morgan fingerprint density at radius 1 is 1.06 bits per heavy atom. The highest BCUT2D eigenvalue weighted by Gasteiger charge is 2.23. The van der Waals surface area contributed by atoms with Crippen molar-refractivity contribution < 1.29 is 19.1 Å². The number of benzene rings is 1. The number of carbonyl (C=O) groups is 2. The number of ether oxygens (including phenoxy) is 2. The SMILES string of the molecule is Cn1c(C(=O)NCC(=O)N2CCN(Cc3ccc4c(c3)OCO4)CC2)cc2sccc21. The first-order valence-electron chi connectivity index (χ1n) is 10.3. The van der Waals surface area contributed by atoms with Crippen molar-refractivity contribution in [3.63, 3.8) is 0 Å². The molecule has 0 atom stereocenters. The van der Waals surface area contributed by atoms with Crippen LogP contribution in [-0.4, -0.2) is 65.7 Å². The second kappa shape index (κ2) is 8.24. The van der Waals surface area contributed by atoms with Crippen LogP contribution in [0.5, 0.6) is 11.5 Å². The number of carbonyl (C=O) groups excluding carboxylic acids is 2. The molecule has 0 aliphatic carbocycles. The summed E-state index contributed by atoms with van der Waals surface area (Å²) in [6.45, 7) is 3.99. The van der Waals surface area contributed by atoms with Gasteiger partial charge in [0, 0.05) is 39.8 Å². The van der Waals surface area contributed by atoms with Crippen LogP contribution in [0.2, 0.25) is 0 Å². The van der Waals surface area contributed by atoms with Gasteiger partial charge in [0.2, 0.25) is 12.7 Å². The molecule has 2 amide bonds. The third-order valence-corrected chi connectivity index (χ3v) is 6.72. The van der Waals surface area contributed by atoms with E-state index in [-0.39, 0.29) is 25.2 Å². The van der Waals surface area contributed by atoms with Crippen LogP contribution in [0.1, 0.15) is 16.1 Å². The van der Waals surface area contributed by atoms with E-state index in [4.69, 9.17) is 9.47 Å². The quantitative estimate of drug-likeness (QED) is 0.657. The average molecular weight is 441 g/mol. The Morgan fingerprint density at radius 2 is 1.87 bits per heavy atom. The minimum atomic E-state index is -0.222. The van der Waals surface area contributed by atoms with E-state index in [0.29, 0.717) is 18.8 Å². The minimum absolute atomic E-state index is 0.0137. The number of piperazine rings is 1. The van der Waals surface area contributed by atoms with Crippen molar-refractivity contribution in [2.45, 2.75) is 6.54 Å². The molecule has 4 heterocycles. The second-order valence-electron chi connectivity index (χ2n) is 7.79. The van der Waals surface area contributed by atoms with Crippen LogP contribution in [0, 0.1) is 0 Å². The summed E-state index contributed by atoms with van der Waals surface area (Å²) in [5.74, 6) is 1.31. The monoisotopic (exact) mass is 440 g/mol. The third kappa shape index (κ3) is 3.98. The highest BCUT2D eigenvalue weighted by atomic mass is 32.1. The predicted molar refractivity (Wildman–Crippen MR) is 118 cm³/mol. The van der Waals surface area contributed by atoms with E-state index in [0.717, 1.165) is 41.3 Å². The molecule has 1 saturated heterocycles. The molecule has 0 unspecified atom stereocenters. The van der Waals surface area contributed by atoms with Gasteiger partial charge in [-0.1, -0.05) is 6.07 Å². The van der Waals surface area contributed by atoms with Crippen LogP contribution >= 0.6 is 11.3 Å². The van der Waals surface area contributed by atoms with Crippen LogP contribution in [0.4, 0.5) is 0 Å². The summed E-state index contributed by atoms with van der Waals surface area (Å²) in [6.07, 6.45) is 0. The molecular formula is C22H24N4O4S. The molecular weight excluding hydrogens is 416 g/mol. The van der Waals surface area contributed by atoms with E-state index in [1.54, 1.807) is 11.3 Å². The van der Waals surface area contributed by atoms with Crippen molar-refractivity contribution in [1.82, 2.24) is 19.7 Å². The molecule has 2 aliphatic rings. The molecule has 162 valence electrons. The number of hydrogen-bond acceptors (Lipinski definition) is 6. The fourth-order valence-corrected chi connectivity index (χ4v) is 4.93. The van der Waals surface area contributed by atoms with Crippen LogP contribution in [0.3, 0.4) is 0 Å². The van der Waals surface area contributed by atoms with Crippen molar-refractivity contribution in [3.8, 4) is 11.5 Å². The summed E-state index contributed by atoms with van der Waals surface area (Å²) in [7, 11) is 1.87. The molecule has 9 heteroatoms. The number of aromatic nitrogens is 1. The van der Waals surface area contributed by atoms with Gasteiger partial charge >= 0.3 is 0 Å². The Kier molecular flexibility index (Phi) is 5.29. The average Bonchev–Trinajstić information content (AvgIpc) is 3.50. The summed E-state index contributed by atoms with van der Waals surface area (Å²) < 4.78 is 13.7. The van der Waals surface area contributed by atoms with Crippen molar-refractivity contribution in [2.75, 3.05) is 39.5 Å². The van der Waals surface area contributed by atoms with E-state index < -0.39 is 0 Å². The summed E-state index contributed by atoms with van der Waals surface area (Å²) in [6, 6.07) is 9.87. The van der Waals surface area contributed by atoms with Gasteiger partial charge in [-0.2, -0.15) is 0 Å². The number of aryl methyl sites for hydroxylation is 1. The normalized spacial score (nSPS) is 16.1. The molecule has 1 aromatic carbocycles. The lowest BCUT2D eigenvalue weighted by Crippen LogP contribution is -2.50. The van der Waals surface area contributed by atoms with Gasteiger partial charge < -0.3 is 24.3 Å². The summed E-state index contributed by atoms with van der Waals surface area (Å²) in [5, 5.41) is 4.78. The van der Waals surface area contributed by atoms with E-state index >= 15 is 0 Å². The minimum Gasteiger partial charge on any atom is -0.454 e. The first-order valence-corrected chi connectivity index (χ1v) is 11.2. The Labute approximate surface area is 183 Å². The summed E-state index contributed by atoms with van der Waals surface area (Å²) in [5.41, 5.74) is 2.77. The maximum absolute atomic E-state index is 12.6. The number of rotatable bonds is 5. The summed E-state index contributed by atoms with van der Waals surface area (Å²) >= 11 is 1.60. The van der Waals surface area contributed by atoms with E-state index in [9.17, 15) is 9.59 Å². The van der Waals surface area contributed by atoms with Gasteiger partial charge in [0.25, 0.3) is 5.91 Å². The molecule has 3 aromatic rings. The molecule has 31 heavy (non-hydrogen) atoms. The van der Waals surface area contributed by atoms with Crippen molar-refractivity contribution in [1.29, 1.82) is 0 Å². The smallest absolute Gasteiger partial charge is 0.268 e. The van der Waals surface area contributed by atoms with Crippen LogP contribution in [0.15, 0.2) is 35.7 Å². The molecule has 2 aromatic heterocycles. The maximum atomic E-state index is 12.6. The van der Waals surface area contributed by atoms with Gasteiger partial charge in [-0.3, -0.25) is 14.5 Å². The number of nitrogens with zero attached hydrogens (tertiary/aromatic N) is 3. The topological polar surface area (TPSA) is 76.0 Å². The molecule has 0 radical (unpaired) electrons. The van der Waals surface area contributed by atoms with Gasteiger partial charge in [-0.25, -0.2) is 0 Å². The van der Waals surface area contributed by atoms with E-state index in [1.165, 1.54) is 5.56 Å². The van der Waals surface area contributed by atoms with Gasteiger partial charge in [0.15, 0.2) is 11.5 Å². The molecule has 2 aliphatic heterocycles. The Balaban J connectivity index is 1.10. The lowest BCUT2D eigenvalue weighted by Gasteiger charge is -2.34. The molecule has 0 saturated carbocycles. The van der Waals surface area contributed by atoms with Crippen LogP contribution < -0.4 is 14.8 Å². The molecule has 5 rings (SSSR count). The Hall–Kier alpha value is -3.04. The number of fused-ring (bicyclic) bond motifs is 2.